The van der Waals surface area contributed by atoms with Crippen molar-refractivity contribution in [2.75, 3.05) is 13.2 Å². The van der Waals surface area contributed by atoms with Gasteiger partial charge in [0.2, 0.25) is 0 Å². The number of carbonyl (C=O) groups excluding carboxylic acids is 1. The van der Waals surface area contributed by atoms with Crippen LogP contribution in [0.3, 0.4) is 0 Å². The molecule has 3 rings (SSSR count). The Morgan fingerprint density at radius 3 is 2.88 bits per heavy atom. The molecule has 0 bridgehead atoms. The zero-order chi connectivity index (χ0) is 17.5. The lowest BCUT2D eigenvalue weighted by Gasteiger charge is -2.21. The molecule has 0 saturated carbocycles. The minimum atomic E-state index is 0.0356. The van der Waals surface area contributed by atoms with Crippen LogP contribution in [0.5, 0.6) is 0 Å². The van der Waals surface area contributed by atoms with E-state index in [4.69, 9.17) is 14.0 Å². The Hall–Kier alpha value is -1.50. The molecule has 6 heteroatoms. The zero-order valence-corrected chi connectivity index (χ0v) is 15.7. The second-order valence-corrected chi connectivity index (χ2v) is 7.23. The van der Waals surface area contributed by atoms with Gasteiger partial charge in [-0.1, -0.05) is 33.2 Å². The molecule has 0 spiro atoms. The maximum absolute atomic E-state index is 12.2. The summed E-state index contributed by atoms with van der Waals surface area (Å²) in [5.74, 6) is 1.19. The maximum Gasteiger partial charge on any atom is 0.184 e. The van der Waals surface area contributed by atoms with Gasteiger partial charge in [0.1, 0.15) is 12.3 Å². The highest BCUT2D eigenvalue weighted by Gasteiger charge is 2.18. The lowest BCUT2D eigenvalue weighted by molar-refractivity contribution is 0.0618. The number of hydrogen-bond acceptors (Lipinski definition) is 5. The molecular formula is C19H22BrNO4. The van der Waals surface area contributed by atoms with Gasteiger partial charge in [0.25, 0.3) is 0 Å². The number of carbonyl (C=O) groups is 1. The van der Waals surface area contributed by atoms with Crippen molar-refractivity contribution in [2.24, 2.45) is 5.92 Å². The summed E-state index contributed by atoms with van der Waals surface area (Å²) in [5, 5.41) is 3.88. The van der Waals surface area contributed by atoms with Crippen molar-refractivity contribution in [1.82, 2.24) is 5.16 Å². The molecule has 2 heterocycles. The van der Waals surface area contributed by atoms with Crippen molar-refractivity contribution in [2.45, 2.75) is 38.9 Å². The third-order valence-electron chi connectivity index (χ3n) is 4.37. The Kier molecular flexibility index (Phi) is 6.78. The number of aromatic nitrogens is 1. The second kappa shape index (κ2) is 9.27. The van der Waals surface area contributed by atoms with Crippen LogP contribution in [0, 0.1) is 5.92 Å². The van der Waals surface area contributed by atoms with Gasteiger partial charge in [-0.3, -0.25) is 4.79 Å². The number of ketones is 1. The molecule has 1 fully saturated rings. The lowest BCUT2D eigenvalue weighted by Crippen LogP contribution is -2.16. The third kappa shape index (κ3) is 5.76. The van der Waals surface area contributed by atoms with E-state index in [9.17, 15) is 4.79 Å². The van der Waals surface area contributed by atoms with Crippen LogP contribution in [0.4, 0.5) is 0 Å². The molecule has 1 aliphatic heterocycles. The first-order valence-corrected chi connectivity index (χ1v) is 9.39. The standard InChI is InChI=1S/C19H22BrNO4/c20-16-3-1-2-15(10-16)12-24-13-17-11-18(21-25-17)19(22)5-4-14-6-8-23-9-7-14/h1-3,10-11,14H,4-9,12-13H2. The Bertz CT molecular complexity index is 694. The number of benzene rings is 1. The fourth-order valence-corrected chi connectivity index (χ4v) is 3.35. The smallest absolute Gasteiger partial charge is 0.184 e. The quantitative estimate of drug-likeness (QED) is 0.600. The van der Waals surface area contributed by atoms with Crippen molar-refractivity contribution in [3.63, 3.8) is 0 Å². The van der Waals surface area contributed by atoms with E-state index in [2.05, 4.69) is 21.1 Å². The summed E-state index contributed by atoms with van der Waals surface area (Å²) in [7, 11) is 0. The minimum absolute atomic E-state index is 0.0356. The number of rotatable bonds is 8. The van der Waals surface area contributed by atoms with E-state index in [-0.39, 0.29) is 5.78 Å². The van der Waals surface area contributed by atoms with Crippen molar-refractivity contribution in [3.05, 3.63) is 51.8 Å². The van der Waals surface area contributed by atoms with Crippen molar-refractivity contribution < 1.29 is 18.8 Å². The van der Waals surface area contributed by atoms with E-state index in [1.165, 1.54) is 0 Å². The van der Waals surface area contributed by atoms with E-state index >= 15 is 0 Å². The maximum atomic E-state index is 12.2. The molecular weight excluding hydrogens is 386 g/mol. The number of Topliss-reactive ketones (excluding diaryl/α,β-unsaturated/α-hetero) is 1. The molecule has 0 unspecified atom stereocenters. The Balaban J connectivity index is 1.42. The van der Waals surface area contributed by atoms with Crippen LogP contribution in [0.25, 0.3) is 0 Å². The lowest BCUT2D eigenvalue weighted by atomic mass is 9.93. The summed E-state index contributed by atoms with van der Waals surface area (Å²) in [4.78, 5) is 12.2. The van der Waals surface area contributed by atoms with Gasteiger partial charge in [0, 0.05) is 30.2 Å². The van der Waals surface area contributed by atoms with Crippen LogP contribution in [0.2, 0.25) is 0 Å². The summed E-state index contributed by atoms with van der Waals surface area (Å²) in [6, 6.07) is 9.62. The summed E-state index contributed by atoms with van der Waals surface area (Å²) in [6.45, 7) is 2.39. The first kappa shape index (κ1) is 18.3. The van der Waals surface area contributed by atoms with Crippen molar-refractivity contribution in [1.29, 1.82) is 0 Å². The highest BCUT2D eigenvalue weighted by Crippen LogP contribution is 2.21. The second-order valence-electron chi connectivity index (χ2n) is 6.32. The SMILES string of the molecule is O=C(CCC1CCOCC1)c1cc(COCc2cccc(Br)c2)on1. The van der Waals surface area contributed by atoms with E-state index in [1.807, 2.05) is 24.3 Å². The van der Waals surface area contributed by atoms with Crippen LogP contribution in [-0.2, 0) is 22.7 Å². The average molecular weight is 408 g/mol. The van der Waals surface area contributed by atoms with Crippen LogP contribution >= 0.6 is 15.9 Å². The highest BCUT2D eigenvalue weighted by molar-refractivity contribution is 9.10. The molecule has 134 valence electrons. The first-order chi connectivity index (χ1) is 12.2. The van der Waals surface area contributed by atoms with E-state index in [1.54, 1.807) is 6.07 Å². The van der Waals surface area contributed by atoms with Gasteiger partial charge in [0.05, 0.1) is 6.61 Å². The van der Waals surface area contributed by atoms with Gasteiger partial charge in [-0.2, -0.15) is 0 Å². The molecule has 25 heavy (non-hydrogen) atoms. The van der Waals surface area contributed by atoms with Gasteiger partial charge in [-0.25, -0.2) is 0 Å². The van der Waals surface area contributed by atoms with Gasteiger partial charge >= 0.3 is 0 Å². The van der Waals surface area contributed by atoms with E-state index in [0.717, 1.165) is 42.5 Å². The van der Waals surface area contributed by atoms with Gasteiger partial charge < -0.3 is 14.0 Å². The third-order valence-corrected chi connectivity index (χ3v) is 4.86. The Labute approximate surface area is 155 Å². The van der Waals surface area contributed by atoms with E-state index < -0.39 is 0 Å². The Morgan fingerprint density at radius 1 is 1.24 bits per heavy atom. The van der Waals surface area contributed by atoms with Gasteiger partial charge in [-0.15, -0.1) is 0 Å². The summed E-state index contributed by atoms with van der Waals surface area (Å²) >= 11 is 3.43. The van der Waals surface area contributed by atoms with Crippen LogP contribution in [-0.4, -0.2) is 24.2 Å². The molecule has 1 aromatic carbocycles. The normalized spacial score (nSPS) is 15.4. The van der Waals surface area contributed by atoms with Gasteiger partial charge in [0.15, 0.2) is 11.5 Å². The highest BCUT2D eigenvalue weighted by atomic mass is 79.9. The molecule has 0 aliphatic carbocycles. The number of halogens is 1. The summed E-state index contributed by atoms with van der Waals surface area (Å²) in [5.41, 5.74) is 1.47. The van der Waals surface area contributed by atoms with Crippen LogP contribution in [0.1, 0.15) is 47.5 Å². The van der Waals surface area contributed by atoms with Crippen molar-refractivity contribution >= 4 is 21.7 Å². The predicted molar refractivity (Wildman–Crippen MR) is 96.2 cm³/mol. The fourth-order valence-electron chi connectivity index (χ4n) is 2.91. The molecule has 0 atom stereocenters. The molecule has 5 nitrogen and oxygen atoms in total. The predicted octanol–water partition coefficient (Wildman–Crippen LogP) is 4.54. The van der Waals surface area contributed by atoms with Crippen LogP contribution < -0.4 is 0 Å². The average Bonchev–Trinajstić information content (AvgIpc) is 3.10. The summed E-state index contributed by atoms with van der Waals surface area (Å²) in [6.07, 6.45) is 3.49. The molecule has 0 N–H and O–H groups in total. The largest absolute Gasteiger partial charge is 0.381 e. The molecule has 0 radical (unpaired) electrons. The molecule has 0 amide bonds. The van der Waals surface area contributed by atoms with E-state index in [0.29, 0.717) is 37.0 Å². The first-order valence-electron chi connectivity index (χ1n) is 8.59. The zero-order valence-electron chi connectivity index (χ0n) is 14.1. The molecule has 1 saturated heterocycles. The number of ether oxygens (including phenoxy) is 2. The fraction of sp³-hybridized carbons (Fsp3) is 0.474. The van der Waals surface area contributed by atoms with Crippen LogP contribution in [0.15, 0.2) is 39.3 Å². The van der Waals surface area contributed by atoms with Gasteiger partial charge in [-0.05, 0) is 42.9 Å². The number of nitrogens with zero attached hydrogens (tertiary/aromatic N) is 1. The molecule has 2 aromatic rings. The summed E-state index contributed by atoms with van der Waals surface area (Å²) < 4.78 is 17.2. The Morgan fingerprint density at radius 2 is 2.08 bits per heavy atom. The number of hydrogen-bond donors (Lipinski definition) is 0. The molecule has 1 aliphatic rings. The monoisotopic (exact) mass is 407 g/mol. The minimum Gasteiger partial charge on any atom is -0.381 e. The molecule has 1 aromatic heterocycles. The van der Waals surface area contributed by atoms with Crippen molar-refractivity contribution in [3.8, 4) is 0 Å². The topological polar surface area (TPSA) is 61.6 Å².